The van der Waals surface area contributed by atoms with Crippen molar-refractivity contribution in [1.29, 1.82) is 5.26 Å². The van der Waals surface area contributed by atoms with Gasteiger partial charge >= 0.3 is 0 Å². The van der Waals surface area contributed by atoms with E-state index in [1.165, 1.54) is 5.56 Å². The van der Waals surface area contributed by atoms with E-state index in [0.717, 1.165) is 25.9 Å². The van der Waals surface area contributed by atoms with E-state index in [9.17, 15) is 5.26 Å². The number of piperidine rings is 1. The lowest BCUT2D eigenvalue weighted by Gasteiger charge is -2.50. The molecule has 2 atom stereocenters. The maximum absolute atomic E-state index is 9.44. The molecule has 0 amide bonds. The van der Waals surface area contributed by atoms with Gasteiger partial charge in [-0.2, -0.15) is 5.26 Å². The molecule has 88 valence electrons. The van der Waals surface area contributed by atoms with Crippen LogP contribution in [-0.2, 0) is 11.3 Å². The second-order valence-electron chi connectivity index (χ2n) is 4.98. The summed E-state index contributed by atoms with van der Waals surface area (Å²) in [5.41, 5.74) is 0.889. The number of fused-ring (bicyclic) bond motifs is 3. The van der Waals surface area contributed by atoms with E-state index < -0.39 is 0 Å². The first kappa shape index (κ1) is 10.8. The number of rotatable bonds is 2. The molecule has 2 unspecified atom stereocenters. The van der Waals surface area contributed by atoms with Crippen LogP contribution in [0.2, 0.25) is 0 Å². The Bertz CT molecular complexity index is 429. The second-order valence-corrected chi connectivity index (χ2v) is 4.98. The highest BCUT2D eigenvalue weighted by molar-refractivity contribution is 5.19. The van der Waals surface area contributed by atoms with Crippen molar-refractivity contribution in [2.24, 2.45) is 0 Å². The van der Waals surface area contributed by atoms with Crippen LogP contribution in [-0.4, -0.2) is 29.7 Å². The summed E-state index contributed by atoms with van der Waals surface area (Å²) in [5, 5.41) is 9.44. The van der Waals surface area contributed by atoms with Gasteiger partial charge in [0.15, 0.2) is 0 Å². The van der Waals surface area contributed by atoms with Crippen LogP contribution in [0.4, 0.5) is 0 Å². The van der Waals surface area contributed by atoms with E-state index in [0.29, 0.717) is 12.7 Å². The SMILES string of the molecule is N#CC12CCC(CN1Cc1ccccc1)OC2. The lowest BCUT2D eigenvalue weighted by atomic mass is 9.84. The molecule has 3 aliphatic heterocycles. The maximum atomic E-state index is 9.44. The molecule has 0 aliphatic carbocycles. The summed E-state index contributed by atoms with van der Waals surface area (Å²) in [6.07, 6.45) is 2.30. The number of nitriles is 1. The van der Waals surface area contributed by atoms with Gasteiger partial charge in [-0.05, 0) is 18.4 Å². The predicted molar refractivity (Wildman–Crippen MR) is 64.2 cm³/mol. The van der Waals surface area contributed by atoms with Crippen LogP contribution in [0.3, 0.4) is 0 Å². The summed E-state index contributed by atoms with van der Waals surface area (Å²) < 4.78 is 5.67. The molecule has 3 heteroatoms. The van der Waals surface area contributed by atoms with E-state index in [1.807, 2.05) is 18.2 Å². The Balaban J connectivity index is 1.81. The number of benzene rings is 1. The third kappa shape index (κ3) is 1.84. The highest BCUT2D eigenvalue weighted by atomic mass is 16.5. The zero-order valence-electron chi connectivity index (χ0n) is 9.80. The molecule has 3 nitrogen and oxygen atoms in total. The normalized spacial score (nSPS) is 32.3. The summed E-state index contributed by atoms with van der Waals surface area (Å²) in [5.74, 6) is 0. The van der Waals surface area contributed by atoms with Crippen LogP contribution in [0.1, 0.15) is 18.4 Å². The molecule has 0 aromatic heterocycles. The smallest absolute Gasteiger partial charge is 0.133 e. The van der Waals surface area contributed by atoms with Crippen molar-refractivity contribution in [3.8, 4) is 6.07 Å². The largest absolute Gasteiger partial charge is 0.374 e. The van der Waals surface area contributed by atoms with Crippen molar-refractivity contribution in [3.63, 3.8) is 0 Å². The molecule has 0 radical (unpaired) electrons. The molecule has 17 heavy (non-hydrogen) atoms. The highest BCUT2D eigenvalue weighted by Gasteiger charge is 2.47. The van der Waals surface area contributed by atoms with Crippen molar-refractivity contribution in [2.45, 2.75) is 31.0 Å². The van der Waals surface area contributed by atoms with Gasteiger partial charge in [-0.1, -0.05) is 30.3 Å². The Hall–Kier alpha value is -1.37. The number of hydrogen-bond donors (Lipinski definition) is 0. The summed E-state index contributed by atoms with van der Waals surface area (Å²) in [4.78, 5) is 2.29. The number of ether oxygens (including phenoxy) is 1. The third-order valence-electron chi connectivity index (χ3n) is 3.89. The Morgan fingerprint density at radius 2 is 2.24 bits per heavy atom. The molecule has 4 rings (SSSR count). The van der Waals surface area contributed by atoms with E-state index in [-0.39, 0.29) is 5.54 Å². The topological polar surface area (TPSA) is 36.3 Å². The van der Waals surface area contributed by atoms with Crippen molar-refractivity contribution in [2.75, 3.05) is 13.2 Å². The average Bonchev–Trinajstić information content (AvgIpc) is 2.41. The molecule has 0 N–H and O–H groups in total. The van der Waals surface area contributed by atoms with Gasteiger partial charge in [0.05, 0.1) is 18.8 Å². The van der Waals surface area contributed by atoms with Gasteiger partial charge in [0.1, 0.15) is 5.54 Å². The van der Waals surface area contributed by atoms with Gasteiger partial charge in [-0.25, -0.2) is 0 Å². The number of morpholine rings is 1. The lowest BCUT2D eigenvalue weighted by molar-refractivity contribution is -0.138. The van der Waals surface area contributed by atoms with Crippen LogP contribution in [0.25, 0.3) is 0 Å². The molecule has 3 aliphatic rings. The van der Waals surface area contributed by atoms with Crippen LogP contribution in [0, 0.1) is 11.3 Å². The van der Waals surface area contributed by atoms with Crippen molar-refractivity contribution in [1.82, 2.24) is 4.90 Å². The molecule has 3 fully saturated rings. The first-order valence-electron chi connectivity index (χ1n) is 6.14. The third-order valence-corrected chi connectivity index (χ3v) is 3.89. The summed E-state index contributed by atoms with van der Waals surface area (Å²) in [7, 11) is 0. The lowest BCUT2D eigenvalue weighted by Crippen LogP contribution is -2.62. The van der Waals surface area contributed by atoms with Gasteiger partial charge in [-0.3, -0.25) is 4.90 Å². The first-order chi connectivity index (χ1) is 8.32. The van der Waals surface area contributed by atoms with Gasteiger partial charge in [0, 0.05) is 13.1 Å². The van der Waals surface area contributed by atoms with Crippen LogP contribution in [0.5, 0.6) is 0 Å². The predicted octanol–water partition coefficient (Wildman–Crippen LogP) is 1.94. The molecule has 1 aromatic rings. The van der Waals surface area contributed by atoms with Crippen LogP contribution >= 0.6 is 0 Å². The molecule has 3 saturated heterocycles. The minimum absolute atomic E-state index is 0.328. The monoisotopic (exact) mass is 228 g/mol. The first-order valence-corrected chi connectivity index (χ1v) is 6.14. The second kappa shape index (κ2) is 4.14. The Labute approximate surface area is 102 Å². The Kier molecular flexibility index (Phi) is 2.62. The van der Waals surface area contributed by atoms with E-state index in [2.05, 4.69) is 23.1 Å². The fourth-order valence-corrected chi connectivity index (χ4v) is 2.80. The zero-order chi connectivity index (χ0) is 11.7. The molecular weight excluding hydrogens is 212 g/mol. The number of nitrogens with zero attached hydrogens (tertiary/aromatic N) is 2. The summed E-state index contributed by atoms with van der Waals surface area (Å²) in [6.45, 7) is 2.32. The molecular formula is C14H16N2O. The van der Waals surface area contributed by atoms with Gasteiger partial charge in [0.2, 0.25) is 0 Å². The van der Waals surface area contributed by atoms with E-state index in [1.54, 1.807) is 0 Å². The minimum atomic E-state index is -0.384. The Morgan fingerprint density at radius 3 is 2.88 bits per heavy atom. The quantitative estimate of drug-likeness (QED) is 0.776. The zero-order valence-corrected chi connectivity index (χ0v) is 9.80. The average molecular weight is 228 g/mol. The highest BCUT2D eigenvalue weighted by Crippen LogP contribution is 2.36. The standard InChI is InChI=1S/C14H16N2O/c15-10-14-7-6-13(17-11-14)9-16(14)8-12-4-2-1-3-5-12/h1-5,13H,6-9,11H2. The van der Waals surface area contributed by atoms with E-state index >= 15 is 0 Å². The van der Waals surface area contributed by atoms with Crippen molar-refractivity contribution < 1.29 is 4.74 Å². The van der Waals surface area contributed by atoms with Crippen molar-refractivity contribution >= 4 is 0 Å². The molecule has 1 aromatic carbocycles. The number of hydrogen-bond acceptors (Lipinski definition) is 3. The molecule has 0 saturated carbocycles. The van der Waals surface area contributed by atoms with Crippen molar-refractivity contribution in [3.05, 3.63) is 35.9 Å². The van der Waals surface area contributed by atoms with Crippen LogP contribution in [0.15, 0.2) is 30.3 Å². The maximum Gasteiger partial charge on any atom is 0.133 e. The fraction of sp³-hybridized carbons (Fsp3) is 0.500. The van der Waals surface area contributed by atoms with Gasteiger partial charge in [-0.15, -0.1) is 0 Å². The molecule has 2 bridgehead atoms. The van der Waals surface area contributed by atoms with E-state index in [4.69, 9.17) is 4.74 Å². The van der Waals surface area contributed by atoms with Gasteiger partial charge < -0.3 is 4.74 Å². The molecule has 0 spiro atoms. The van der Waals surface area contributed by atoms with Gasteiger partial charge in [0.25, 0.3) is 0 Å². The molecule has 3 heterocycles. The minimum Gasteiger partial charge on any atom is -0.374 e. The Morgan fingerprint density at radius 1 is 1.41 bits per heavy atom. The summed E-state index contributed by atoms with van der Waals surface area (Å²) >= 11 is 0. The van der Waals surface area contributed by atoms with Crippen LogP contribution < -0.4 is 0 Å². The summed E-state index contributed by atoms with van der Waals surface area (Å²) in [6, 6.07) is 12.8. The fourth-order valence-electron chi connectivity index (χ4n) is 2.80.